The fourth-order valence-electron chi connectivity index (χ4n) is 4.52. The van der Waals surface area contributed by atoms with Crippen LogP contribution in [0.1, 0.15) is 30.5 Å². The van der Waals surface area contributed by atoms with Gasteiger partial charge >= 0.3 is 6.03 Å². The van der Waals surface area contributed by atoms with Gasteiger partial charge in [0.2, 0.25) is 0 Å². The molecule has 2 aromatic rings. The lowest BCUT2D eigenvalue weighted by atomic mass is 9.79. The first-order valence-corrected chi connectivity index (χ1v) is 10.6. The summed E-state index contributed by atoms with van der Waals surface area (Å²) >= 11 is 12.2. The Balaban J connectivity index is 1.33. The molecular formula is C20H25Cl2N5O2. The summed E-state index contributed by atoms with van der Waals surface area (Å²) in [5.41, 5.74) is 1.78. The number of benzene rings is 1. The molecule has 9 heteroatoms. The van der Waals surface area contributed by atoms with Gasteiger partial charge in [0.1, 0.15) is 0 Å². The number of hydrogen-bond acceptors (Lipinski definition) is 3. The smallest absolute Gasteiger partial charge is 0.317 e. The summed E-state index contributed by atoms with van der Waals surface area (Å²) in [5.74, 6) is 0. The van der Waals surface area contributed by atoms with Gasteiger partial charge in [0.05, 0.1) is 22.3 Å². The number of carbonyl (C=O) groups excluding carboxylic acids is 1. The van der Waals surface area contributed by atoms with Crippen LogP contribution >= 0.6 is 23.2 Å². The van der Waals surface area contributed by atoms with Gasteiger partial charge in [-0.15, -0.1) is 0 Å². The maximum Gasteiger partial charge on any atom is 0.317 e. The molecule has 3 heterocycles. The minimum absolute atomic E-state index is 0.0749. The number of piperidine rings is 1. The predicted octanol–water partition coefficient (Wildman–Crippen LogP) is 3.21. The summed E-state index contributed by atoms with van der Waals surface area (Å²) in [6, 6.07) is 7.17. The van der Waals surface area contributed by atoms with E-state index in [-0.39, 0.29) is 17.0 Å². The Morgan fingerprint density at radius 3 is 2.72 bits per heavy atom. The van der Waals surface area contributed by atoms with Crippen LogP contribution in [0.3, 0.4) is 0 Å². The summed E-state index contributed by atoms with van der Waals surface area (Å²) in [6.07, 6.45) is 3.23. The van der Waals surface area contributed by atoms with Gasteiger partial charge in [-0.2, -0.15) is 0 Å². The number of halogens is 2. The summed E-state index contributed by atoms with van der Waals surface area (Å²) < 4.78 is 0. The van der Waals surface area contributed by atoms with Crippen molar-refractivity contribution < 1.29 is 4.79 Å². The molecule has 1 aromatic heterocycles. The molecule has 0 aliphatic carbocycles. The third-order valence-corrected chi connectivity index (χ3v) is 6.68. The molecule has 156 valence electrons. The molecule has 0 bridgehead atoms. The van der Waals surface area contributed by atoms with Crippen LogP contribution < -0.4 is 10.9 Å². The molecule has 2 fully saturated rings. The molecule has 1 spiro atoms. The number of carbonyl (C=O) groups is 1. The second-order valence-corrected chi connectivity index (χ2v) is 8.99. The van der Waals surface area contributed by atoms with E-state index < -0.39 is 0 Å². The molecule has 2 saturated heterocycles. The van der Waals surface area contributed by atoms with E-state index in [0.29, 0.717) is 22.3 Å². The van der Waals surface area contributed by atoms with E-state index in [0.717, 1.165) is 57.5 Å². The second-order valence-electron chi connectivity index (χ2n) is 8.18. The quantitative estimate of drug-likeness (QED) is 0.686. The van der Waals surface area contributed by atoms with Gasteiger partial charge in [-0.25, -0.2) is 4.79 Å². The van der Waals surface area contributed by atoms with Gasteiger partial charge in [0, 0.05) is 37.7 Å². The van der Waals surface area contributed by atoms with E-state index in [4.69, 9.17) is 23.2 Å². The predicted molar refractivity (Wildman–Crippen MR) is 113 cm³/mol. The second kappa shape index (κ2) is 8.42. The molecule has 2 aliphatic heterocycles. The van der Waals surface area contributed by atoms with Gasteiger partial charge in [-0.3, -0.25) is 14.8 Å². The summed E-state index contributed by atoms with van der Waals surface area (Å²) in [7, 11) is 0. The molecule has 2 amide bonds. The molecule has 3 N–H and O–H groups in total. The van der Waals surface area contributed by atoms with Crippen LogP contribution in [-0.2, 0) is 13.1 Å². The SMILES string of the molecule is O=C(NCc1cc(=O)[nH][nH]1)N1CCCC2(CCN(Cc3ccc(Cl)c(Cl)c3)C2)C1. The van der Waals surface area contributed by atoms with E-state index in [1.165, 1.54) is 6.07 Å². The van der Waals surface area contributed by atoms with Gasteiger partial charge in [0.25, 0.3) is 5.56 Å². The number of nitrogens with one attached hydrogen (secondary N) is 3. The Bertz CT molecular complexity index is 943. The largest absolute Gasteiger partial charge is 0.332 e. The number of nitrogens with zero attached hydrogens (tertiary/aromatic N) is 2. The zero-order valence-electron chi connectivity index (χ0n) is 16.1. The van der Waals surface area contributed by atoms with Crippen molar-refractivity contribution in [3.63, 3.8) is 0 Å². The first kappa shape index (κ1) is 20.3. The number of likely N-dealkylation sites (tertiary alicyclic amines) is 2. The van der Waals surface area contributed by atoms with Crippen molar-refractivity contribution in [2.24, 2.45) is 5.41 Å². The first-order chi connectivity index (χ1) is 13.9. The highest BCUT2D eigenvalue weighted by molar-refractivity contribution is 6.42. The number of rotatable bonds is 4. The third-order valence-electron chi connectivity index (χ3n) is 5.94. The maximum atomic E-state index is 12.6. The van der Waals surface area contributed by atoms with Crippen molar-refractivity contribution in [1.82, 2.24) is 25.3 Å². The Morgan fingerprint density at radius 1 is 1.10 bits per heavy atom. The number of aromatic amines is 2. The molecule has 0 saturated carbocycles. The van der Waals surface area contributed by atoms with Crippen molar-refractivity contribution in [2.45, 2.75) is 32.4 Å². The average Bonchev–Trinajstić information content (AvgIpc) is 3.29. The first-order valence-electron chi connectivity index (χ1n) is 9.88. The van der Waals surface area contributed by atoms with Crippen molar-refractivity contribution >= 4 is 29.2 Å². The number of aromatic nitrogens is 2. The van der Waals surface area contributed by atoms with Gasteiger partial charge in [-0.1, -0.05) is 29.3 Å². The standard InChI is InChI=1S/C20H25Cl2N5O2/c21-16-3-2-14(8-17(16)22)11-26-7-5-20(12-26)4-1-6-27(13-20)19(29)23-10-15-9-18(28)25-24-15/h2-3,8-9H,1,4-7,10-13H2,(H,23,29)(H2,24,25,28). The zero-order valence-corrected chi connectivity index (χ0v) is 17.7. The highest BCUT2D eigenvalue weighted by atomic mass is 35.5. The van der Waals surface area contributed by atoms with E-state index in [1.54, 1.807) is 0 Å². The Kier molecular flexibility index (Phi) is 5.90. The van der Waals surface area contributed by atoms with Gasteiger partial charge < -0.3 is 15.3 Å². The van der Waals surface area contributed by atoms with Crippen molar-refractivity contribution in [3.8, 4) is 0 Å². The molecular weight excluding hydrogens is 413 g/mol. The fraction of sp³-hybridized carbons (Fsp3) is 0.500. The van der Waals surface area contributed by atoms with Crippen molar-refractivity contribution in [1.29, 1.82) is 0 Å². The summed E-state index contributed by atoms with van der Waals surface area (Å²) in [4.78, 5) is 28.2. The lowest BCUT2D eigenvalue weighted by Gasteiger charge is -2.40. The molecule has 7 nitrogen and oxygen atoms in total. The Morgan fingerprint density at radius 2 is 1.97 bits per heavy atom. The molecule has 1 atom stereocenters. The minimum Gasteiger partial charge on any atom is -0.332 e. The van der Waals surface area contributed by atoms with Crippen LogP contribution in [-0.4, -0.2) is 52.2 Å². The minimum atomic E-state index is -0.195. The third kappa shape index (κ3) is 4.79. The van der Waals surface area contributed by atoms with Crippen LogP contribution in [0.15, 0.2) is 29.1 Å². The number of urea groups is 1. The monoisotopic (exact) mass is 437 g/mol. The Hall–Kier alpha value is -1.96. The highest BCUT2D eigenvalue weighted by Gasteiger charge is 2.42. The molecule has 1 aromatic carbocycles. The molecule has 0 radical (unpaired) electrons. The summed E-state index contributed by atoms with van der Waals surface area (Å²) in [5, 5.41) is 9.30. The van der Waals surface area contributed by atoms with Gasteiger partial charge in [0.15, 0.2) is 0 Å². The van der Waals surface area contributed by atoms with E-state index in [2.05, 4.69) is 20.4 Å². The normalized spacial score (nSPS) is 22.3. The average molecular weight is 438 g/mol. The number of hydrogen-bond donors (Lipinski definition) is 3. The van der Waals surface area contributed by atoms with E-state index in [9.17, 15) is 9.59 Å². The van der Waals surface area contributed by atoms with Gasteiger partial charge in [-0.05, 0) is 43.5 Å². The molecule has 4 rings (SSSR count). The zero-order chi connectivity index (χ0) is 20.4. The molecule has 2 aliphatic rings. The maximum absolute atomic E-state index is 12.6. The number of H-pyrrole nitrogens is 2. The lowest BCUT2D eigenvalue weighted by Crippen LogP contribution is -2.50. The van der Waals surface area contributed by atoms with Crippen LogP contribution in [0.4, 0.5) is 4.79 Å². The topological polar surface area (TPSA) is 84.2 Å². The van der Waals surface area contributed by atoms with E-state index in [1.807, 2.05) is 23.1 Å². The fourth-order valence-corrected chi connectivity index (χ4v) is 4.84. The van der Waals surface area contributed by atoms with Crippen molar-refractivity contribution in [2.75, 3.05) is 26.2 Å². The highest BCUT2D eigenvalue weighted by Crippen LogP contribution is 2.39. The molecule has 29 heavy (non-hydrogen) atoms. The molecule has 1 unspecified atom stereocenters. The van der Waals surface area contributed by atoms with E-state index >= 15 is 0 Å². The Labute approximate surface area is 179 Å². The van der Waals surface area contributed by atoms with Crippen molar-refractivity contribution in [3.05, 3.63) is 55.9 Å². The lowest BCUT2D eigenvalue weighted by molar-refractivity contribution is 0.107. The summed E-state index contributed by atoms with van der Waals surface area (Å²) in [6.45, 7) is 4.67. The van der Waals surface area contributed by atoms with Crippen LogP contribution in [0.5, 0.6) is 0 Å². The van der Waals surface area contributed by atoms with Crippen LogP contribution in [0, 0.1) is 5.41 Å². The van der Waals surface area contributed by atoms with Crippen LogP contribution in [0.2, 0.25) is 10.0 Å². The number of amides is 2. The van der Waals surface area contributed by atoms with Crippen LogP contribution in [0.25, 0.3) is 0 Å².